The normalized spacial score (nSPS) is 27.1. The Hall–Kier alpha value is -1.95. The Balaban J connectivity index is 1.65. The Morgan fingerprint density at radius 1 is 1.27 bits per heavy atom. The fourth-order valence-corrected chi connectivity index (χ4v) is 6.46. The zero-order valence-corrected chi connectivity index (χ0v) is 19.6. The van der Waals surface area contributed by atoms with Gasteiger partial charge >= 0.3 is 0 Å². The Kier molecular flexibility index (Phi) is 4.03. The van der Waals surface area contributed by atoms with Gasteiger partial charge in [-0.05, 0) is 54.6 Å². The van der Waals surface area contributed by atoms with Crippen LogP contribution in [0.15, 0.2) is 28.9 Å². The molecule has 0 amide bonds. The second kappa shape index (κ2) is 6.06. The van der Waals surface area contributed by atoms with Crippen molar-refractivity contribution >= 4 is 20.2 Å². The highest BCUT2D eigenvalue weighted by atomic mass is 28.4. The maximum Gasteiger partial charge on any atom is 0.229 e. The number of ketones is 1. The molecule has 1 aromatic heterocycles. The smallest absolute Gasteiger partial charge is 0.229 e. The molecule has 158 valence electrons. The van der Waals surface area contributed by atoms with E-state index in [4.69, 9.17) is 8.84 Å². The number of benzene rings is 1. The lowest BCUT2D eigenvalue weighted by Gasteiger charge is -2.41. The summed E-state index contributed by atoms with van der Waals surface area (Å²) in [5, 5.41) is 11.1. The van der Waals surface area contributed by atoms with E-state index in [1.165, 1.54) is 0 Å². The molecule has 0 radical (unpaired) electrons. The molecule has 5 heteroatoms. The van der Waals surface area contributed by atoms with Gasteiger partial charge in [0.05, 0.1) is 23.9 Å². The number of rotatable bonds is 2. The van der Waals surface area contributed by atoms with E-state index in [2.05, 4.69) is 39.9 Å². The van der Waals surface area contributed by atoms with Gasteiger partial charge in [-0.25, -0.2) is 0 Å². The molecule has 0 aliphatic heterocycles. The lowest BCUT2D eigenvalue weighted by atomic mass is 9.62. The van der Waals surface area contributed by atoms with Crippen molar-refractivity contribution in [3.05, 3.63) is 63.6 Å². The first-order valence-electron chi connectivity index (χ1n) is 10.8. The maximum absolute atomic E-state index is 13.5. The predicted molar refractivity (Wildman–Crippen MR) is 119 cm³/mol. The number of aliphatic hydroxyl groups excluding tert-OH is 1. The molecular weight excluding hydrogens is 392 g/mol. The van der Waals surface area contributed by atoms with Crippen LogP contribution < -0.4 is 0 Å². The summed E-state index contributed by atoms with van der Waals surface area (Å²) in [6.07, 6.45) is 6.32. The van der Waals surface area contributed by atoms with Gasteiger partial charge in [-0.2, -0.15) is 0 Å². The second-order valence-electron chi connectivity index (χ2n) is 10.7. The highest BCUT2D eigenvalue weighted by Gasteiger charge is 2.51. The zero-order valence-electron chi connectivity index (χ0n) is 18.6. The summed E-state index contributed by atoms with van der Waals surface area (Å²) in [6, 6.07) is 4.18. The van der Waals surface area contributed by atoms with Crippen LogP contribution in [0.2, 0.25) is 18.1 Å². The van der Waals surface area contributed by atoms with Gasteiger partial charge in [0, 0.05) is 16.7 Å². The Morgan fingerprint density at radius 2 is 2.00 bits per heavy atom. The SMILES string of the molecule is CC(C)(C)[Si](C)(C)OC1CCc2c1ccc1c2C(=O)c2occ3c2[C@]1(C)[C@@H](O)C=C3. The number of hydrogen-bond acceptors (Lipinski definition) is 4. The van der Waals surface area contributed by atoms with Gasteiger partial charge < -0.3 is 13.9 Å². The third-order valence-corrected chi connectivity index (χ3v) is 12.5. The summed E-state index contributed by atoms with van der Waals surface area (Å²) < 4.78 is 12.5. The average Bonchev–Trinajstić information content (AvgIpc) is 3.27. The molecule has 1 N–H and O–H groups in total. The number of fused-ring (bicyclic) bond motifs is 4. The van der Waals surface area contributed by atoms with E-state index in [0.29, 0.717) is 5.76 Å². The minimum atomic E-state index is -1.93. The van der Waals surface area contributed by atoms with Gasteiger partial charge in [0.1, 0.15) is 0 Å². The van der Waals surface area contributed by atoms with Gasteiger partial charge in [0.2, 0.25) is 5.78 Å². The molecule has 3 aliphatic rings. The standard InChI is InChI=1S/C25H30O4Si/c1-24(2,3)30(5,6)29-18-11-9-16-15(18)8-10-17-20(16)22(27)23-21-14(13-28-23)7-12-19(26)25(17,21)4/h7-8,10,12-13,18-19,26H,9,11H2,1-6H3/t18?,19-,25-/m0/s1. The van der Waals surface area contributed by atoms with Crippen molar-refractivity contribution in [2.45, 2.75) is 76.3 Å². The molecule has 2 aromatic rings. The Bertz CT molecular complexity index is 1100. The van der Waals surface area contributed by atoms with Crippen LogP contribution >= 0.6 is 0 Å². The van der Waals surface area contributed by atoms with Crippen LogP contribution in [0.5, 0.6) is 0 Å². The summed E-state index contributed by atoms with van der Waals surface area (Å²) in [4.78, 5) is 13.5. The summed E-state index contributed by atoms with van der Waals surface area (Å²) in [5.41, 5.74) is 4.87. The predicted octanol–water partition coefficient (Wildman–Crippen LogP) is 5.53. The quantitative estimate of drug-likeness (QED) is 0.647. The van der Waals surface area contributed by atoms with Gasteiger partial charge in [-0.3, -0.25) is 4.79 Å². The largest absolute Gasteiger partial charge is 0.460 e. The van der Waals surface area contributed by atoms with Crippen LogP contribution in [0.3, 0.4) is 0 Å². The van der Waals surface area contributed by atoms with Crippen LogP contribution in [-0.2, 0) is 16.3 Å². The van der Waals surface area contributed by atoms with Crippen LogP contribution in [0, 0.1) is 0 Å². The van der Waals surface area contributed by atoms with E-state index in [9.17, 15) is 9.90 Å². The van der Waals surface area contributed by atoms with Gasteiger partial charge in [0.25, 0.3) is 0 Å². The molecule has 0 spiro atoms. The van der Waals surface area contributed by atoms with E-state index in [1.54, 1.807) is 12.3 Å². The molecule has 4 nitrogen and oxygen atoms in total. The highest BCUT2D eigenvalue weighted by Crippen LogP contribution is 2.52. The van der Waals surface area contributed by atoms with E-state index in [0.717, 1.165) is 46.2 Å². The molecule has 5 rings (SSSR count). The molecule has 1 unspecified atom stereocenters. The van der Waals surface area contributed by atoms with Crippen LogP contribution in [0.4, 0.5) is 0 Å². The molecule has 3 atom stereocenters. The first-order valence-corrected chi connectivity index (χ1v) is 13.7. The first kappa shape index (κ1) is 20.0. The molecule has 30 heavy (non-hydrogen) atoms. The summed E-state index contributed by atoms with van der Waals surface area (Å²) >= 11 is 0. The third kappa shape index (κ3) is 2.43. The minimum Gasteiger partial charge on any atom is -0.460 e. The number of aliphatic hydroxyl groups is 1. The molecular formula is C25H30O4Si. The highest BCUT2D eigenvalue weighted by molar-refractivity contribution is 6.74. The molecule has 1 aromatic carbocycles. The Labute approximate surface area is 179 Å². The van der Waals surface area contributed by atoms with Gasteiger partial charge in [0.15, 0.2) is 14.1 Å². The first-order chi connectivity index (χ1) is 14.0. The molecule has 0 bridgehead atoms. The Morgan fingerprint density at radius 3 is 2.70 bits per heavy atom. The number of carbonyl (C=O) groups excluding carboxylic acids is 1. The van der Waals surface area contributed by atoms with Crippen LogP contribution in [0.1, 0.15) is 84.2 Å². The van der Waals surface area contributed by atoms with E-state index in [-0.39, 0.29) is 16.9 Å². The lowest BCUT2D eigenvalue weighted by molar-refractivity contribution is 0.0980. The minimum absolute atomic E-state index is 0.0246. The number of carbonyl (C=O) groups is 1. The fraction of sp³-hybridized carbons (Fsp3) is 0.480. The molecule has 0 fully saturated rings. The fourth-order valence-electron chi connectivity index (χ4n) is 5.15. The summed E-state index contributed by atoms with van der Waals surface area (Å²) in [7, 11) is -1.93. The van der Waals surface area contributed by atoms with Crippen molar-refractivity contribution in [3.8, 4) is 0 Å². The topological polar surface area (TPSA) is 59.7 Å². The third-order valence-electron chi connectivity index (χ3n) is 7.98. The summed E-state index contributed by atoms with van der Waals surface area (Å²) in [6.45, 7) is 13.3. The van der Waals surface area contributed by atoms with E-state index < -0.39 is 19.8 Å². The van der Waals surface area contributed by atoms with Crippen LogP contribution in [0.25, 0.3) is 6.08 Å². The van der Waals surface area contributed by atoms with Crippen molar-refractivity contribution in [1.29, 1.82) is 0 Å². The zero-order chi connectivity index (χ0) is 21.6. The molecule has 3 aliphatic carbocycles. The lowest BCUT2D eigenvalue weighted by Crippen LogP contribution is -2.44. The van der Waals surface area contributed by atoms with Crippen LogP contribution in [-0.4, -0.2) is 25.3 Å². The number of hydrogen-bond donors (Lipinski definition) is 1. The van der Waals surface area contributed by atoms with Crippen molar-refractivity contribution in [2.24, 2.45) is 0 Å². The average molecular weight is 423 g/mol. The van der Waals surface area contributed by atoms with Crippen molar-refractivity contribution < 1.29 is 18.7 Å². The monoisotopic (exact) mass is 422 g/mol. The van der Waals surface area contributed by atoms with Crippen molar-refractivity contribution in [3.63, 3.8) is 0 Å². The number of furan rings is 1. The van der Waals surface area contributed by atoms with Crippen molar-refractivity contribution in [1.82, 2.24) is 0 Å². The second-order valence-corrected chi connectivity index (χ2v) is 15.4. The van der Waals surface area contributed by atoms with E-state index >= 15 is 0 Å². The maximum atomic E-state index is 13.5. The summed E-state index contributed by atoms with van der Waals surface area (Å²) in [5.74, 6) is 0.321. The molecule has 1 heterocycles. The molecule has 0 saturated heterocycles. The van der Waals surface area contributed by atoms with Gasteiger partial charge in [-0.15, -0.1) is 0 Å². The van der Waals surface area contributed by atoms with Crippen molar-refractivity contribution in [2.75, 3.05) is 0 Å². The van der Waals surface area contributed by atoms with Gasteiger partial charge in [-0.1, -0.05) is 45.1 Å². The van der Waals surface area contributed by atoms with E-state index in [1.807, 2.05) is 19.1 Å². The molecule has 0 saturated carbocycles.